The van der Waals surface area contributed by atoms with Gasteiger partial charge in [0.05, 0.1) is 12.0 Å². The molecule has 0 spiro atoms. The third-order valence-corrected chi connectivity index (χ3v) is 3.71. The normalized spacial score (nSPS) is 15.9. The van der Waals surface area contributed by atoms with Crippen LogP contribution >= 0.6 is 15.9 Å². The molecule has 0 bridgehead atoms. The molecule has 1 aromatic heterocycles. The largest absolute Gasteiger partial charge is 0.315 e. The molecule has 1 N–H and O–H groups in total. The van der Waals surface area contributed by atoms with Crippen LogP contribution in [0.3, 0.4) is 0 Å². The van der Waals surface area contributed by atoms with Crippen molar-refractivity contribution < 1.29 is 4.39 Å². The van der Waals surface area contributed by atoms with E-state index >= 15 is 0 Å². The summed E-state index contributed by atoms with van der Waals surface area (Å²) >= 11 is 3.44. The summed E-state index contributed by atoms with van der Waals surface area (Å²) in [5, 5.41) is 3.23. The standard InChI is InChI=1S/C12H11BrFN3/c13-10-2-1-9(14)3-11(10)17-7-16-6-12(17)8-4-15-5-8/h1-3,6-8,15H,4-5H2. The molecule has 2 heterocycles. The van der Waals surface area contributed by atoms with Crippen molar-refractivity contribution >= 4 is 15.9 Å². The second-order valence-electron chi connectivity index (χ2n) is 4.14. The van der Waals surface area contributed by atoms with Gasteiger partial charge in [-0.15, -0.1) is 0 Å². The quantitative estimate of drug-likeness (QED) is 0.922. The Bertz CT molecular complexity index is 548. The highest BCUT2D eigenvalue weighted by molar-refractivity contribution is 9.10. The van der Waals surface area contributed by atoms with E-state index in [0.29, 0.717) is 5.92 Å². The first-order valence-corrected chi connectivity index (χ1v) is 6.23. The number of nitrogens with one attached hydrogen (secondary N) is 1. The SMILES string of the molecule is Fc1ccc(Br)c(-n2cncc2C2CNC2)c1. The molecule has 2 aromatic rings. The lowest BCUT2D eigenvalue weighted by molar-refractivity contribution is 0.435. The second kappa shape index (κ2) is 4.23. The molecule has 17 heavy (non-hydrogen) atoms. The van der Waals surface area contributed by atoms with Gasteiger partial charge in [-0.2, -0.15) is 0 Å². The van der Waals surface area contributed by atoms with E-state index in [4.69, 9.17) is 0 Å². The Balaban J connectivity index is 2.08. The van der Waals surface area contributed by atoms with Gasteiger partial charge in [-0.05, 0) is 34.1 Å². The fourth-order valence-corrected chi connectivity index (χ4v) is 2.41. The van der Waals surface area contributed by atoms with Crippen molar-refractivity contribution in [2.45, 2.75) is 5.92 Å². The number of hydrogen-bond donors (Lipinski definition) is 1. The highest BCUT2D eigenvalue weighted by atomic mass is 79.9. The van der Waals surface area contributed by atoms with Crippen molar-refractivity contribution in [3.8, 4) is 5.69 Å². The van der Waals surface area contributed by atoms with Crippen LogP contribution in [0.2, 0.25) is 0 Å². The van der Waals surface area contributed by atoms with E-state index < -0.39 is 0 Å². The summed E-state index contributed by atoms with van der Waals surface area (Å²) in [6.07, 6.45) is 3.58. The fourth-order valence-electron chi connectivity index (χ4n) is 1.98. The van der Waals surface area contributed by atoms with Crippen molar-refractivity contribution in [1.82, 2.24) is 14.9 Å². The number of hydrogen-bond acceptors (Lipinski definition) is 2. The predicted molar refractivity (Wildman–Crippen MR) is 66.8 cm³/mol. The third kappa shape index (κ3) is 1.89. The van der Waals surface area contributed by atoms with Crippen LogP contribution in [-0.2, 0) is 0 Å². The van der Waals surface area contributed by atoms with Gasteiger partial charge in [-0.3, -0.25) is 0 Å². The first-order valence-electron chi connectivity index (χ1n) is 5.44. The number of rotatable bonds is 2. The zero-order valence-electron chi connectivity index (χ0n) is 9.03. The minimum Gasteiger partial charge on any atom is -0.315 e. The van der Waals surface area contributed by atoms with Gasteiger partial charge in [0.1, 0.15) is 5.82 Å². The lowest BCUT2D eigenvalue weighted by atomic mass is 10.00. The minimum atomic E-state index is -0.241. The van der Waals surface area contributed by atoms with E-state index in [2.05, 4.69) is 26.2 Å². The van der Waals surface area contributed by atoms with Crippen molar-refractivity contribution in [2.75, 3.05) is 13.1 Å². The Kier molecular flexibility index (Phi) is 2.72. The van der Waals surface area contributed by atoms with Crippen LogP contribution in [-0.4, -0.2) is 22.6 Å². The fraction of sp³-hybridized carbons (Fsp3) is 0.250. The Labute approximate surface area is 107 Å². The summed E-state index contributed by atoms with van der Waals surface area (Å²) in [4.78, 5) is 4.16. The summed E-state index contributed by atoms with van der Waals surface area (Å²) < 4.78 is 16.1. The number of imidazole rings is 1. The average Bonchev–Trinajstić information content (AvgIpc) is 2.68. The van der Waals surface area contributed by atoms with Crippen LogP contribution in [0.25, 0.3) is 5.69 Å². The van der Waals surface area contributed by atoms with Gasteiger partial charge in [-0.1, -0.05) is 0 Å². The smallest absolute Gasteiger partial charge is 0.125 e. The number of benzene rings is 1. The van der Waals surface area contributed by atoms with Crippen LogP contribution in [0.5, 0.6) is 0 Å². The Hall–Kier alpha value is -1.20. The molecule has 3 nitrogen and oxygen atoms in total. The molecule has 1 aromatic carbocycles. The van der Waals surface area contributed by atoms with Gasteiger partial charge in [0.2, 0.25) is 0 Å². The zero-order valence-corrected chi connectivity index (χ0v) is 10.6. The highest BCUT2D eigenvalue weighted by Gasteiger charge is 2.23. The maximum Gasteiger partial charge on any atom is 0.125 e. The van der Waals surface area contributed by atoms with Crippen LogP contribution in [0.1, 0.15) is 11.6 Å². The number of aromatic nitrogens is 2. The summed E-state index contributed by atoms with van der Waals surface area (Å²) in [6.45, 7) is 1.91. The third-order valence-electron chi connectivity index (χ3n) is 3.03. The lowest BCUT2D eigenvalue weighted by Gasteiger charge is -2.28. The van der Waals surface area contributed by atoms with Gasteiger partial charge >= 0.3 is 0 Å². The highest BCUT2D eigenvalue weighted by Crippen LogP contribution is 2.27. The Morgan fingerprint density at radius 2 is 2.24 bits per heavy atom. The topological polar surface area (TPSA) is 29.9 Å². The molecule has 0 unspecified atom stereocenters. The molecule has 1 aliphatic heterocycles. The van der Waals surface area contributed by atoms with Gasteiger partial charge < -0.3 is 9.88 Å². The maximum atomic E-state index is 13.3. The van der Waals surface area contributed by atoms with Crippen LogP contribution in [0, 0.1) is 5.82 Å². The summed E-state index contributed by atoms with van der Waals surface area (Å²) in [5.74, 6) is 0.224. The molecule has 1 fully saturated rings. The number of nitrogens with zero attached hydrogens (tertiary/aromatic N) is 2. The molecular formula is C12H11BrFN3. The van der Waals surface area contributed by atoms with Crippen molar-refractivity contribution in [3.63, 3.8) is 0 Å². The van der Waals surface area contributed by atoms with Crippen LogP contribution in [0.4, 0.5) is 4.39 Å². The monoisotopic (exact) mass is 295 g/mol. The summed E-state index contributed by atoms with van der Waals surface area (Å²) in [5.41, 5.74) is 1.92. The molecule has 1 aliphatic rings. The van der Waals surface area contributed by atoms with Gasteiger partial charge in [0, 0.05) is 35.4 Å². The molecule has 0 aliphatic carbocycles. The van der Waals surface area contributed by atoms with E-state index in [9.17, 15) is 4.39 Å². The van der Waals surface area contributed by atoms with Gasteiger partial charge in [-0.25, -0.2) is 9.37 Å². The molecule has 1 saturated heterocycles. The first kappa shape index (κ1) is 10.9. The lowest BCUT2D eigenvalue weighted by Crippen LogP contribution is -2.40. The summed E-state index contributed by atoms with van der Waals surface area (Å²) in [6, 6.07) is 4.67. The van der Waals surface area contributed by atoms with Crippen LogP contribution < -0.4 is 5.32 Å². The van der Waals surface area contributed by atoms with Crippen molar-refractivity contribution in [3.05, 3.63) is 46.7 Å². The molecule has 0 saturated carbocycles. The average molecular weight is 296 g/mol. The van der Waals surface area contributed by atoms with Gasteiger partial charge in [0.15, 0.2) is 0 Å². The van der Waals surface area contributed by atoms with Crippen molar-refractivity contribution in [1.29, 1.82) is 0 Å². The van der Waals surface area contributed by atoms with E-state index in [0.717, 1.165) is 28.9 Å². The maximum absolute atomic E-state index is 13.3. The molecule has 0 amide bonds. The summed E-state index contributed by atoms with van der Waals surface area (Å²) in [7, 11) is 0. The number of halogens is 2. The Morgan fingerprint density at radius 3 is 2.94 bits per heavy atom. The van der Waals surface area contributed by atoms with E-state index in [1.54, 1.807) is 12.4 Å². The van der Waals surface area contributed by atoms with Gasteiger partial charge in [0.25, 0.3) is 0 Å². The molecule has 5 heteroatoms. The molecule has 0 atom stereocenters. The van der Waals surface area contributed by atoms with Crippen LogP contribution in [0.15, 0.2) is 35.2 Å². The molecule has 0 radical (unpaired) electrons. The minimum absolute atomic E-state index is 0.241. The molecule has 88 valence electrons. The van der Waals surface area contributed by atoms with E-state index in [1.165, 1.54) is 12.1 Å². The van der Waals surface area contributed by atoms with E-state index in [1.807, 2.05) is 10.8 Å². The van der Waals surface area contributed by atoms with E-state index in [-0.39, 0.29) is 5.82 Å². The zero-order chi connectivity index (χ0) is 11.8. The Morgan fingerprint density at radius 1 is 1.41 bits per heavy atom. The second-order valence-corrected chi connectivity index (χ2v) is 4.99. The molecule has 3 rings (SSSR count). The predicted octanol–water partition coefficient (Wildman–Crippen LogP) is 2.46. The molecular weight excluding hydrogens is 285 g/mol. The van der Waals surface area contributed by atoms with Crippen molar-refractivity contribution in [2.24, 2.45) is 0 Å². The first-order chi connectivity index (χ1) is 8.25.